The van der Waals surface area contributed by atoms with Gasteiger partial charge in [-0.15, -0.1) is 0 Å². The van der Waals surface area contributed by atoms with Crippen molar-refractivity contribution in [1.82, 2.24) is 20.2 Å². The summed E-state index contributed by atoms with van der Waals surface area (Å²) in [7, 11) is 1.92. The Morgan fingerprint density at radius 2 is 2.05 bits per heavy atom. The van der Waals surface area contributed by atoms with Crippen LogP contribution >= 0.6 is 11.6 Å². The molecule has 0 unspecified atom stereocenters. The van der Waals surface area contributed by atoms with E-state index in [0.29, 0.717) is 41.0 Å². The summed E-state index contributed by atoms with van der Waals surface area (Å²) in [4.78, 5) is 23.4. The lowest BCUT2D eigenvalue weighted by Crippen LogP contribution is -2.40. The third-order valence-corrected chi connectivity index (χ3v) is 6.09. The number of fused-ring (bicyclic) bond motifs is 1. The number of carbonyl (C=O) groups is 1. The molecule has 0 fully saturated rings. The van der Waals surface area contributed by atoms with Crippen molar-refractivity contribution < 1.29 is 9.53 Å². The number of nitrogens with one attached hydrogen (secondary N) is 3. The average Bonchev–Trinajstić information content (AvgIpc) is 3.07. The predicted molar refractivity (Wildman–Crippen MR) is 155 cm³/mol. The molecular formula is C29H32ClN7O2. The molecular weight excluding hydrogens is 514 g/mol. The molecule has 2 aromatic carbocycles. The number of hydrogen-bond donors (Lipinski definition) is 3. The van der Waals surface area contributed by atoms with E-state index < -0.39 is 0 Å². The molecule has 2 heterocycles. The number of rotatable bonds is 8. The normalized spacial score (nSPS) is 12.9. The number of nitrogens with zero attached hydrogens (tertiary/aromatic N) is 4. The third-order valence-electron chi connectivity index (χ3n) is 5.79. The van der Waals surface area contributed by atoms with Crippen molar-refractivity contribution in [2.75, 3.05) is 37.3 Å². The first kappa shape index (κ1) is 27.9. The third kappa shape index (κ3) is 7.69. The van der Waals surface area contributed by atoms with Gasteiger partial charge in [-0.2, -0.15) is 5.26 Å². The molecule has 1 aromatic heterocycles. The molecule has 0 spiro atoms. The molecule has 3 N–H and O–H groups in total. The van der Waals surface area contributed by atoms with Gasteiger partial charge in [0.15, 0.2) is 0 Å². The number of aromatic nitrogens is 2. The fourth-order valence-electron chi connectivity index (χ4n) is 4.08. The predicted octanol–water partition coefficient (Wildman–Crippen LogP) is 5.85. The standard InChI is InChI=1S/C29H32ClN7O2/c1-29(2,3)36-28(38)20-6-5-7-22(15-20)39-25-9-8-21(16-24(25)30)35-27-23-14-19(17-37(4)13-11-31)10-12-32-26(23)33-18-34-27/h5-9,14-16,18H,10,12-13,17H2,1-4H3,(H,36,38)(H2,32,33,34,35). The number of halogens is 1. The van der Waals surface area contributed by atoms with Gasteiger partial charge in [-0.3, -0.25) is 9.69 Å². The first-order chi connectivity index (χ1) is 18.6. The molecule has 0 radical (unpaired) electrons. The summed E-state index contributed by atoms with van der Waals surface area (Å²) in [5, 5.41) is 19.0. The lowest BCUT2D eigenvalue weighted by atomic mass is 10.1. The van der Waals surface area contributed by atoms with Crippen molar-refractivity contribution in [1.29, 1.82) is 5.26 Å². The summed E-state index contributed by atoms with van der Waals surface area (Å²) >= 11 is 6.58. The van der Waals surface area contributed by atoms with Crippen LogP contribution in [0, 0.1) is 11.3 Å². The second-order valence-corrected chi connectivity index (χ2v) is 10.8. The molecule has 1 aliphatic rings. The lowest BCUT2D eigenvalue weighted by Gasteiger charge is -2.20. The number of carbonyl (C=O) groups excluding carboxylic acids is 1. The number of ether oxygens (including phenoxy) is 1. The Labute approximate surface area is 233 Å². The molecule has 0 saturated carbocycles. The van der Waals surface area contributed by atoms with Crippen LogP contribution in [0.4, 0.5) is 17.3 Å². The van der Waals surface area contributed by atoms with Gasteiger partial charge in [-0.25, -0.2) is 9.97 Å². The van der Waals surface area contributed by atoms with E-state index in [1.54, 1.807) is 36.4 Å². The van der Waals surface area contributed by atoms with Gasteiger partial charge >= 0.3 is 0 Å². The zero-order valence-corrected chi connectivity index (χ0v) is 23.3. The largest absolute Gasteiger partial charge is 0.456 e. The fourth-order valence-corrected chi connectivity index (χ4v) is 4.30. The average molecular weight is 546 g/mol. The van der Waals surface area contributed by atoms with E-state index in [0.717, 1.165) is 30.0 Å². The summed E-state index contributed by atoms with van der Waals surface area (Å²) in [6, 6.07) is 14.5. The van der Waals surface area contributed by atoms with E-state index in [1.807, 2.05) is 38.8 Å². The number of hydrogen-bond acceptors (Lipinski definition) is 8. The minimum absolute atomic E-state index is 0.175. The summed E-state index contributed by atoms with van der Waals surface area (Å²) in [6.07, 6.45) is 4.42. The number of nitriles is 1. The Balaban J connectivity index is 1.52. The van der Waals surface area contributed by atoms with E-state index in [2.05, 4.69) is 38.1 Å². The maximum Gasteiger partial charge on any atom is 0.251 e. The SMILES string of the molecule is CN(CC#N)CC1=Cc2c(ncnc2Nc2ccc(Oc3cccc(C(=O)NC(C)(C)C)c3)c(Cl)c2)NCC1. The van der Waals surface area contributed by atoms with E-state index in [4.69, 9.17) is 21.6 Å². The van der Waals surface area contributed by atoms with Crippen LogP contribution in [0.1, 0.15) is 43.1 Å². The van der Waals surface area contributed by atoms with Crippen molar-refractivity contribution >= 4 is 40.9 Å². The minimum atomic E-state index is -0.344. The van der Waals surface area contributed by atoms with E-state index in [-0.39, 0.29) is 11.4 Å². The zero-order valence-electron chi connectivity index (χ0n) is 22.5. The molecule has 0 bridgehead atoms. The number of anilines is 3. The van der Waals surface area contributed by atoms with Gasteiger partial charge in [-0.1, -0.05) is 23.2 Å². The fraction of sp³-hybridized carbons (Fsp3) is 0.310. The van der Waals surface area contributed by atoms with Gasteiger partial charge in [0, 0.05) is 29.9 Å². The van der Waals surface area contributed by atoms with Crippen LogP contribution in [0.15, 0.2) is 54.4 Å². The number of amides is 1. The molecule has 1 amide bonds. The Hall–Kier alpha value is -4.13. The first-order valence-corrected chi connectivity index (χ1v) is 13.0. The molecule has 0 atom stereocenters. The smallest absolute Gasteiger partial charge is 0.251 e. The zero-order chi connectivity index (χ0) is 28.0. The van der Waals surface area contributed by atoms with E-state index in [1.165, 1.54) is 11.9 Å². The Morgan fingerprint density at radius 3 is 2.79 bits per heavy atom. The monoisotopic (exact) mass is 545 g/mol. The van der Waals surface area contributed by atoms with Crippen LogP contribution in [0.2, 0.25) is 5.02 Å². The molecule has 3 aromatic rings. The van der Waals surface area contributed by atoms with Crippen molar-refractivity contribution in [3.05, 3.63) is 70.5 Å². The Kier molecular flexibility index (Phi) is 8.69. The van der Waals surface area contributed by atoms with Gasteiger partial charge in [0.2, 0.25) is 0 Å². The van der Waals surface area contributed by atoms with Gasteiger partial charge < -0.3 is 20.7 Å². The molecule has 10 heteroatoms. The maximum absolute atomic E-state index is 12.5. The van der Waals surface area contributed by atoms with Crippen LogP contribution in [-0.2, 0) is 0 Å². The van der Waals surface area contributed by atoms with Crippen LogP contribution in [0.25, 0.3) is 6.08 Å². The van der Waals surface area contributed by atoms with Crippen LogP contribution in [0.5, 0.6) is 11.5 Å². The van der Waals surface area contributed by atoms with Crippen LogP contribution < -0.4 is 20.7 Å². The number of likely N-dealkylation sites (N-methyl/N-ethyl adjacent to an activating group) is 1. The molecule has 4 rings (SSSR count). The van der Waals surface area contributed by atoms with Gasteiger partial charge in [-0.05, 0) is 76.7 Å². The second-order valence-electron chi connectivity index (χ2n) is 10.4. The number of benzene rings is 2. The summed E-state index contributed by atoms with van der Waals surface area (Å²) < 4.78 is 6.00. The van der Waals surface area contributed by atoms with Gasteiger partial charge in [0.05, 0.1) is 23.2 Å². The summed E-state index contributed by atoms with van der Waals surface area (Å²) in [6.45, 7) is 7.57. The van der Waals surface area contributed by atoms with Crippen molar-refractivity contribution in [3.63, 3.8) is 0 Å². The van der Waals surface area contributed by atoms with E-state index >= 15 is 0 Å². The highest BCUT2D eigenvalue weighted by Gasteiger charge is 2.17. The lowest BCUT2D eigenvalue weighted by molar-refractivity contribution is 0.0919. The van der Waals surface area contributed by atoms with Crippen LogP contribution in [-0.4, -0.2) is 53.0 Å². The highest BCUT2D eigenvalue weighted by molar-refractivity contribution is 6.32. The second kappa shape index (κ2) is 12.2. The highest BCUT2D eigenvalue weighted by Crippen LogP contribution is 2.34. The van der Waals surface area contributed by atoms with Crippen molar-refractivity contribution in [3.8, 4) is 17.6 Å². The van der Waals surface area contributed by atoms with E-state index in [9.17, 15) is 4.79 Å². The molecule has 0 aliphatic carbocycles. The topological polar surface area (TPSA) is 115 Å². The molecule has 9 nitrogen and oxygen atoms in total. The Morgan fingerprint density at radius 1 is 1.23 bits per heavy atom. The molecule has 1 aliphatic heterocycles. The highest BCUT2D eigenvalue weighted by atomic mass is 35.5. The molecule has 0 saturated heterocycles. The van der Waals surface area contributed by atoms with Gasteiger partial charge in [0.25, 0.3) is 5.91 Å². The van der Waals surface area contributed by atoms with Crippen molar-refractivity contribution in [2.45, 2.75) is 32.7 Å². The molecule has 39 heavy (non-hydrogen) atoms. The summed E-state index contributed by atoms with van der Waals surface area (Å²) in [5.74, 6) is 2.17. The maximum atomic E-state index is 12.5. The van der Waals surface area contributed by atoms with Gasteiger partial charge in [0.1, 0.15) is 29.5 Å². The Bertz CT molecular complexity index is 1430. The molecule has 202 valence electrons. The first-order valence-electron chi connectivity index (χ1n) is 12.6. The van der Waals surface area contributed by atoms with Crippen molar-refractivity contribution in [2.24, 2.45) is 0 Å². The van der Waals surface area contributed by atoms with Crippen LogP contribution in [0.3, 0.4) is 0 Å². The minimum Gasteiger partial charge on any atom is -0.456 e. The summed E-state index contributed by atoms with van der Waals surface area (Å²) in [5.41, 5.74) is 2.91. The quantitative estimate of drug-likeness (QED) is 0.302.